The van der Waals surface area contributed by atoms with Crippen LogP contribution < -0.4 is 10.3 Å². The zero-order chi connectivity index (χ0) is 18.0. The molecule has 2 aromatic heterocycles. The number of H-pyrrole nitrogens is 1. The molecule has 0 aliphatic heterocycles. The fourth-order valence-electron chi connectivity index (χ4n) is 2.38. The van der Waals surface area contributed by atoms with Crippen LogP contribution in [0.2, 0.25) is 5.02 Å². The van der Waals surface area contributed by atoms with Crippen LogP contribution in [0.3, 0.4) is 0 Å². The van der Waals surface area contributed by atoms with Gasteiger partial charge in [0.1, 0.15) is 16.3 Å². The highest BCUT2D eigenvalue weighted by molar-refractivity contribution is 7.17. The first-order chi connectivity index (χ1) is 11.9. The van der Waals surface area contributed by atoms with Crippen molar-refractivity contribution in [3.8, 4) is 5.75 Å². The number of halogens is 1. The lowest BCUT2D eigenvalue weighted by Gasteiger charge is -2.21. The Balaban J connectivity index is 1.68. The number of rotatable bonds is 5. The molecule has 130 valence electrons. The number of amides is 1. The molecule has 3 rings (SSSR count). The number of carbonyl (C=O) groups is 1. The fraction of sp³-hybridized carbons (Fsp3) is 0.235. The molecular formula is C17H16ClN3O3S. The van der Waals surface area contributed by atoms with Gasteiger partial charge in [0.15, 0.2) is 6.10 Å². The number of aromatic amines is 1. The number of carbonyl (C=O) groups excluding carboxylic acids is 1. The number of thiophene rings is 1. The van der Waals surface area contributed by atoms with E-state index in [2.05, 4.69) is 9.97 Å². The Morgan fingerprint density at radius 2 is 2.08 bits per heavy atom. The largest absolute Gasteiger partial charge is 0.481 e. The molecule has 0 aliphatic carbocycles. The molecule has 1 amide bonds. The van der Waals surface area contributed by atoms with Crippen LogP contribution in [0.15, 0.2) is 40.5 Å². The minimum absolute atomic E-state index is 0.189. The van der Waals surface area contributed by atoms with Gasteiger partial charge in [-0.25, -0.2) is 4.98 Å². The topological polar surface area (TPSA) is 75.3 Å². The van der Waals surface area contributed by atoms with E-state index in [-0.39, 0.29) is 18.0 Å². The van der Waals surface area contributed by atoms with E-state index in [0.29, 0.717) is 26.8 Å². The average Bonchev–Trinajstić information content (AvgIpc) is 3.05. The number of ether oxygens (including phenoxy) is 1. The Bertz CT molecular complexity index is 952. The van der Waals surface area contributed by atoms with Crippen LogP contribution in [-0.2, 0) is 11.3 Å². The molecule has 0 aliphatic rings. The number of aromatic nitrogens is 2. The summed E-state index contributed by atoms with van der Waals surface area (Å²) in [4.78, 5) is 33.0. The van der Waals surface area contributed by atoms with Crippen LogP contribution in [0.25, 0.3) is 10.2 Å². The molecule has 0 radical (unpaired) electrons. The minimum Gasteiger partial charge on any atom is -0.481 e. The second-order valence-electron chi connectivity index (χ2n) is 5.56. The lowest BCUT2D eigenvalue weighted by Crippen LogP contribution is -2.38. The monoisotopic (exact) mass is 377 g/mol. The van der Waals surface area contributed by atoms with Crippen molar-refractivity contribution in [3.05, 3.63) is 56.9 Å². The van der Waals surface area contributed by atoms with Crippen molar-refractivity contribution in [1.29, 1.82) is 0 Å². The lowest BCUT2D eigenvalue weighted by atomic mass is 10.3. The minimum atomic E-state index is -0.678. The molecule has 2 heterocycles. The molecule has 0 saturated carbocycles. The first-order valence-corrected chi connectivity index (χ1v) is 8.83. The number of nitrogens with one attached hydrogen (secondary N) is 1. The second-order valence-corrected chi connectivity index (χ2v) is 6.91. The van der Waals surface area contributed by atoms with Crippen molar-refractivity contribution in [2.75, 3.05) is 7.05 Å². The van der Waals surface area contributed by atoms with Crippen LogP contribution in [-0.4, -0.2) is 33.9 Å². The predicted octanol–water partition coefficient (Wildman–Crippen LogP) is 3.06. The smallest absolute Gasteiger partial charge is 0.268 e. The van der Waals surface area contributed by atoms with Crippen LogP contribution in [0.4, 0.5) is 0 Å². The van der Waals surface area contributed by atoms with Crippen LogP contribution in [0, 0.1) is 0 Å². The number of benzene rings is 1. The van der Waals surface area contributed by atoms with E-state index in [4.69, 9.17) is 16.3 Å². The second kappa shape index (κ2) is 7.25. The van der Waals surface area contributed by atoms with Crippen molar-refractivity contribution in [2.45, 2.75) is 19.6 Å². The van der Waals surface area contributed by atoms with Gasteiger partial charge in [0, 0.05) is 12.1 Å². The van der Waals surface area contributed by atoms with Gasteiger partial charge < -0.3 is 14.6 Å². The van der Waals surface area contributed by atoms with Gasteiger partial charge in [-0.3, -0.25) is 9.59 Å². The van der Waals surface area contributed by atoms with Gasteiger partial charge >= 0.3 is 0 Å². The number of hydrogen-bond acceptors (Lipinski definition) is 5. The highest BCUT2D eigenvalue weighted by Gasteiger charge is 2.20. The summed E-state index contributed by atoms with van der Waals surface area (Å²) in [6, 6.07) is 8.59. The molecule has 1 atom stereocenters. The zero-order valence-electron chi connectivity index (χ0n) is 13.7. The van der Waals surface area contributed by atoms with E-state index in [1.807, 2.05) is 5.38 Å². The normalized spacial score (nSPS) is 12.1. The third kappa shape index (κ3) is 4.00. The first kappa shape index (κ1) is 17.4. The van der Waals surface area contributed by atoms with Crippen molar-refractivity contribution >= 4 is 39.1 Å². The van der Waals surface area contributed by atoms with E-state index < -0.39 is 6.10 Å². The Morgan fingerprint density at radius 3 is 2.80 bits per heavy atom. The number of hydrogen-bond donors (Lipinski definition) is 1. The molecule has 0 bridgehead atoms. The summed E-state index contributed by atoms with van der Waals surface area (Å²) >= 11 is 7.17. The molecular weight excluding hydrogens is 362 g/mol. The van der Waals surface area contributed by atoms with E-state index in [9.17, 15) is 9.59 Å². The maximum atomic E-state index is 12.5. The molecule has 0 saturated heterocycles. The van der Waals surface area contributed by atoms with Gasteiger partial charge in [-0.15, -0.1) is 11.3 Å². The summed E-state index contributed by atoms with van der Waals surface area (Å²) in [6.07, 6.45) is -0.678. The SMILES string of the molecule is C[C@H](Oc1ccc(Cl)cc1)C(=O)N(C)Cc1nc2ccsc2c(=O)[nH]1. The van der Waals surface area contributed by atoms with E-state index in [1.165, 1.54) is 16.2 Å². The van der Waals surface area contributed by atoms with Crippen molar-refractivity contribution in [2.24, 2.45) is 0 Å². The maximum Gasteiger partial charge on any atom is 0.268 e. The highest BCUT2D eigenvalue weighted by Crippen LogP contribution is 2.18. The number of nitrogens with zero attached hydrogens (tertiary/aromatic N) is 2. The molecule has 0 unspecified atom stereocenters. The lowest BCUT2D eigenvalue weighted by molar-refractivity contribution is -0.137. The Hall–Kier alpha value is -2.38. The van der Waals surface area contributed by atoms with Crippen molar-refractivity contribution < 1.29 is 9.53 Å². The molecule has 1 aromatic carbocycles. The summed E-state index contributed by atoms with van der Waals surface area (Å²) in [7, 11) is 1.64. The number of likely N-dealkylation sites (N-methyl/N-ethyl adjacent to an activating group) is 1. The number of fused-ring (bicyclic) bond motifs is 1. The van der Waals surface area contributed by atoms with Gasteiger partial charge in [0.05, 0.1) is 12.1 Å². The third-order valence-electron chi connectivity index (χ3n) is 3.60. The van der Waals surface area contributed by atoms with Gasteiger partial charge in [-0.05, 0) is 42.6 Å². The van der Waals surface area contributed by atoms with E-state index >= 15 is 0 Å². The standard InChI is InChI=1S/C17H16ClN3O3S/c1-10(24-12-5-3-11(18)4-6-12)17(23)21(2)9-14-19-13-7-8-25-15(13)16(22)20-14/h3-8,10H,9H2,1-2H3,(H,19,20,22)/t10-/m0/s1. The van der Waals surface area contributed by atoms with Crippen LogP contribution >= 0.6 is 22.9 Å². The molecule has 0 spiro atoms. The summed E-state index contributed by atoms with van der Waals surface area (Å²) in [5.41, 5.74) is 0.441. The molecule has 1 N–H and O–H groups in total. The van der Waals surface area contributed by atoms with E-state index in [0.717, 1.165) is 0 Å². The third-order valence-corrected chi connectivity index (χ3v) is 4.76. The zero-order valence-corrected chi connectivity index (χ0v) is 15.2. The Kier molecular flexibility index (Phi) is 5.06. The Labute approximate surface area is 153 Å². The summed E-state index contributed by atoms with van der Waals surface area (Å²) in [5.74, 6) is 0.776. The summed E-state index contributed by atoms with van der Waals surface area (Å²) in [5, 5.41) is 2.41. The van der Waals surface area contributed by atoms with E-state index in [1.54, 1.807) is 44.3 Å². The van der Waals surface area contributed by atoms with Gasteiger partial charge in [0.2, 0.25) is 0 Å². The van der Waals surface area contributed by atoms with Gasteiger partial charge in [0.25, 0.3) is 11.5 Å². The first-order valence-electron chi connectivity index (χ1n) is 7.57. The molecule has 25 heavy (non-hydrogen) atoms. The summed E-state index contributed by atoms with van der Waals surface area (Å²) < 4.78 is 6.21. The van der Waals surface area contributed by atoms with Crippen LogP contribution in [0.1, 0.15) is 12.7 Å². The molecule has 8 heteroatoms. The summed E-state index contributed by atoms with van der Waals surface area (Å²) in [6.45, 7) is 1.86. The van der Waals surface area contributed by atoms with Crippen molar-refractivity contribution in [3.63, 3.8) is 0 Å². The quantitative estimate of drug-likeness (QED) is 0.741. The van der Waals surface area contributed by atoms with Gasteiger partial charge in [-0.2, -0.15) is 0 Å². The van der Waals surface area contributed by atoms with Crippen molar-refractivity contribution in [1.82, 2.24) is 14.9 Å². The predicted molar refractivity (Wildman–Crippen MR) is 98.3 cm³/mol. The highest BCUT2D eigenvalue weighted by atomic mass is 35.5. The Morgan fingerprint density at radius 1 is 1.36 bits per heavy atom. The van der Waals surface area contributed by atoms with Gasteiger partial charge in [-0.1, -0.05) is 11.6 Å². The molecule has 0 fully saturated rings. The fourth-order valence-corrected chi connectivity index (χ4v) is 3.23. The maximum absolute atomic E-state index is 12.5. The molecule has 3 aromatic rings. The molecule has 6 nitrogen and oxygen atoms in total. The van der Waals surface area contributed by atoms with Crippen LogP contribution in [0.5, 0.6) is 5.75 Å². The average molecular weight is 378 g/mol.